The third-order valence-electron chi connectivity index (χ3n) is 7.51. The van der Waals surface area contributed by atoms with Crippen molar-refractivity contribution in [2.24, 2.45) is 35.0 Å². The molecule has 0 amide bonds. The van der Waals surface area contributed by atoms with E-state index in [1.165, 1.54) is 6.29 Å². The highest BCUT2D eigenvalue weighted by molar-refractivity contribution is 5.71. The van der Waals surface area contributed by atoms with Gasteiger partial charge >= 0.3 is 5.97 Å². The van der Waals surface area contributed by atoms with Gasteiger partial charge in [0.15, 0.2) is 0 Å². The monoisotopic (exact) mass is 342 g/mol. The van der Waals surface area contributed by atoms with E-state index in [0.717, 1.165) is 31.3 Å². The minimum Gasteiger partial charge on any atom is -0.481 e. The lowest BCUT2D eigenvalue weighted by Crippen LogP contribution is -2.45. The molecule has 134 valence electrons. The lowest BCUT2D eigenvalue weighted by atomic mass is 9.53. The first-order valence-corrected chi connectivity index (χ1v) is 9.40. The fourth-order valence-electron chi connectivity index (χ4n) is 6.19. The van der Waals surface area contributed by atoms with Crippen molar-refractivity contribution < 1.29 is 19.8 Å². The second kappa shape index (κ2) is 5.94. The van der Waals surface area contributed by atoms with Crippen molar-refractivity contribution in [2.75, 3.05) is 0 Å². The second-order valence-corrected chi connectivity index (χ2v) is 8.48. The van der Waals surface area contributed by atoms with Crippen LogP contribution in [-0.2, 0) is 9.59 Å². The average Bonchev–Trinajstić information content (AvgIpc) is 2.93. The first-order valence-electron chi connectivity index (χ1n) is 9.40. The molecule has 2 N–H and O–H groups in total. The average molecular weight is 342 g/mol. The molecule has 7 atom stereocenters. The van der Waals surface area contributed by atoms with Gasteiger partial charge in [0.2, 0.25) is 0 Å². The van der Waals surface area contributed by atoms with Gasteiger partial charge in [-0.1, -0.05) is 31.2 Å². The number of rotatable bonds is 3. The number of hydrogen-bond acceptors (Lipinski definition) is 3. The summed E-state index contributed by atoms with van der Waals surface area (Å²) in [5.41, 5.74) is 1.75. The van der Waals surface area contributed by atoms with Crippen molar-refractivity contribution >= 4 is 12.3 Å². The molecule has 0 heterocycles. The van der Waals surface area contributed by atoms with E-state index in [0.29, 0.717) is 23.3 Å². The molecule has 4 nitrogen and oxygen atoms in total. The van der Waals surface area contributed by atoms with Crippen LogP contribution in [-0.4, -0.2) is 28.6 Å². The molecule has 0 spiro atoms. The molecular formula is C21H26O4. The SMILES string of the molecule is C[C@]12CC[C@H]3[C@@H](C=CC4=C(CC(=O)O)C(O)C=C[C@@H]43)[C@@H]1CCC2C=O. The smallest absolute Gasteiger partial charge is 0.307 e. The molecule has 4 heteroatoms. The van der Waals surface area contributed by atoms with Gasteiger partial charge in [-0.25, -0.2) is 0 Å². The third-order valence-corrected chi connectivity index (χ3v) is 7.51. The summed E-state index contributed by atoms with van der Waals surface area (Å²) in [5, 5.41) is 19.4. The lowest BCUT2D eigenvalue weighted by Gasteiger charge is -2.51. The van der Waals surface area contributed by atoms with Crippen LogP contribution >= 0.6 is 0 Å². The maximum Gasteiger partial charge on any atom is 0.307 e. The molecule has 4 aliphatic carbocycles. The minimum absolute atomic E-state index is 0.104. The minimum atomic E-state index is -0.896. The molecule has 25 heavy (non-hydrogen) atoms. The van der Waals surface area contributed by atoms with Crippen molar-refractivity contribution in [2.45, 2.75) is 45.1 Å². The summed E-state index contributed by atoms with van der Waals surface area (Å²) < 4.78 is 0. The Hall–Kier alpha value is -1.68. The number of hydrogen-bond donors (Lipinski definition) is 2. The highest BCUT2D eigenvalue weighted by Gasteiger charge is 2.55. The molecule has 0 aliphatic heterocycles. The van der Waals surface area contributed by atoms with Gasteiger partial charge in [0.05, 0.1) is 12.5 Å². The summed E-state index contributed by atoms with van der Waals surface area (Å²) in [6.07, 6.45) is 12.7. The van der Waals surface area contributed by atoms with Crippen LogP contribution in [0.1, 0.15) is 39.0 Å². The predicted molar refractivity (Wildman–Crippen MR) is 93.7 cm³/mol. The number of aliphatic hydroxyl groups is 1. The van der Waals surface area contributed by atoms with E-state index in [2.05, 4.69) is 25.2 Å². The predicted octanol–water partition coefficient (Wildman–Crippen LogP) is 3.13. The van der Waals surface area contributed by atoms with Gasteiger partial charge < -0.3 is 15.0 Å². The fourth-order valence-corrected chi connectivity index (χ4v) is 6.19. The number of carboxylic acid groups (broad SMARTS) is 1. The number of aldehydes is 1. The van der Waals surface area contributed by atoms with Gasteiger partial charge in [-0.2, -0.15) is 0 Å². The Balaban J connectivity index is 1.70. The Morgan fingerprint density at radius 1 is 1.28 bits per heavy atom. The molecule has 4 aliphatic rings. The van der Waals surface area contributed by atoms with Crippen molar-refractivity contribution in [3.05, 3.63) is 35.5 Å². The number of carbonyl (C=O) groups excluding carboxylic acids is 1. The Morgan fingerprint density at radius 3 is 2.80 bits per heavy atom. The van der Waals surface area contributed by atoms with Gasteiger partial charge in [0.1, 0.15) is 6.29 Å². The molecule has 0 aromatic heterocycles. The summed E-state index contributed by atoms with van der Waals surface area (Å²) in [4.78, 5) is 22.7. The zero-order valence-corrected chi connectivity index (χ0v) is 14.6. The molecule has 0 aromatic rings. The van der Waals surface area contributed by atoms with Crippen molar-refractivity contribution in [1.82, 2.24) is 0 Å². The number of fused-ring (bicyclic) bond motifs is 5. The van der Waals surface area contributed by atoms with Crippen molar-refractivity contribution in [3.63, 3.8) is 0 Å². The molecule has 2 unspecified atom stereocenters. The van der Waals surface area contributed by atoms with Gasteiger partial charge in [0.25, 0.3) is 0 Å². The van der Waals surface area contributed by atoms with E-state index in [-0.39, 0.29) is 23.7 Å². The molecule has 0 aromatic carbocycles. The van der Waals surface area contributed by atoms with E-state index >= 15 is 0 Å². The molecule has 4 rings (SSSR count). The zero-order chi connectivity index (χ0) is 17.8. The first-order chi connectivity index (χ1) is 12.0. The summed E-state index contributed by atoms with van der Waals surface area (Å²) in [5.74, 6) is 0.913. The number of aliphatic carboxylic acids is 1. The first kappa shape index (κ1) is 16.8. The normalized spacial score (nSPS) is 44.9. The van der Waals surface area contributed by atoms with Crippen molar-refractivity contribution in [1.29, 1.82) is 0 Å². The quantitative estimate of drug-likeness (QED) is 0.610. The van der Waals surface area contributed by atoms with E-state index in [4.69, 9.17) is 0 Å². The fraction of sp³-hybridized carbons (Fsp3) is 0.619. The zero-order valence-electron chi connectivity index (χ0n) is 14.6. The second-order valence-electron chi connectivity index (χ2n) is 8.48. The molecule has 0 radical (unpaired) electrons. The van der Waals surface area contributed by atoms with Crippen molar-refractivity contribution in [3.8, 4) is 0 Å². The van der Waals surface area contributed by atoms with Crippen LogP contribution in [0.3, 0.4) is 0 Å². The summed E-state index contributed by atoms with van der Waals surface area (Å²) >= 11 is 0. The molecule has 2 saturated carbocycles. The highest BCUT2D eigenvalue weighted by atomic mass is 16.4. The number of carbonyl (C=O) groups is 2. The largest absolute Gasteiger partial charge is 0.481 e. The van der Waals surface area contributed by atoms with Gasteiger partial charge in [-0.15, -0.1) is 0 Å². The maximum absolute atomic E-state index is 11.5. The molecule has 2 fully saturated rings. The third kappa shape index (κ3) is 2.45. The van der Waals surface area contributed by atoms with Crippen LogP contribution in [0.4, 0.5) is 0 Å². The molecule has 0 saturated heterocycles. The number of allylic oxidation sites excluding steroid dienone is 4. The van der Waals surface area contributed by atoms with Gasteiger partial charge in [-0.3, -0.25) is 4.79 Å². The van der Waals surface area contributed by atoms with E-state index in [9.17, 15) is 19.8 Å². The van der Waals surface area contributed by atoms with Crippen LogP contribution in [0.25, 0.3) is 0 Å². The lowest BCUT2D eigenvalue weighted by molar-refractivity contribution is -0.136. The van der Waals surface area contributed by atoms with Crippen LogP contribution in [0.5, 0.6) is 0 Å². The topological polar surface area (TPSA) is 74.6 Å². The summed E-state index contributed by atoms with van der Waals surface area (Å²) in [6.45, 7) is 2.29. The van der Waals surface area contributed by atoms with E-state index < -0.39 is 12.1 Å². The van der Waals surface area contributed by atoms with E-state index in [1.807, 2.05) is 0 Å². The number of aliphatic hydroxyl groups excluding tert-OH is 1. The Kier molecular flexibility index (Phi) is 3.99. The highest BCUT2D eigenvalue weighted by Crippen LogP contribution is 2.61. The Morgan fingerprint density at radius 2 is 2.08 bits per heavy atom. The van der Waals surface area contributed by atoms with Crippen LogP contribution < -0.4 is 0 Å². The molecular weight excluding hydrogens is 316 g/mol. The Bertz CT molecular complexity index is 688. The maximum atomic E-state index is 11.5. The van der Waals surface area contributed by atoms with Gasteiger partial charge in [0, 0.05) is 11.8 Å². The van der Waals surface area contributed by atoms with Gasteiger partial charge in [-0.05, 0) is 60.0 Å². The van der Waals surface area contributed by atoms with Crippen LogP contribution in [0.15, 0.2) is 35.5 Å². The number of carboxylic acids is 1. The van der Waals surface area contributed by atoms with Crippen LogP contribution in [0.2, 0.25) is 0 Å². The summed E-state index contributed by atoms with van der Waals surface area (Å²) in [7, 11) is 0. The summed E-state index contributed by atoms with van der Waals surface area (Å²) in [6, 6.07) is 0. The van der Waals surface area contributed by atoms with Crippen LogP contribution in [0, 0.1) is 35.0 Å². The van der Waals surface area contributed by atoms with E-state index in [1.54, 1.807) is 6.08 Å². The standard InChI is InChI=1S/C21H26O4/c1-21-9-8-15-13-5-7-19(23)17(10-20(24)25)14(13)3-4-16(15)18(21)6-2-12(21)11-22/h3-5,7,11-13,15-16,18-19,23H,2,6,8-10H2,1H3,(H,24,25)/t12?,13-,15+,16+,18-,19?,21+/m0/s1. The Labute approximate surface area is 148 Å². The molecule has 0 bridgehead atoms.